The van der Waals surface area contributed by atoms with E-state index in [0.29, 0.717) is 17.5 Å². The molecule has 3 heterocycles. The molecule has 0 amide bonds. The second-order valence-corrected chi connectivity index (χ2v) is 15.9. The molecule has 270 valence electrons. The van der Waals surface area contributed by atoms with Gasteiger partial charge in [-0.25, -0.2) is 15.0 Å². The van der Waals surface area contributed by atoms with Crippen molar-refractivity contribution in [1.29, 1.82) is 0 Å². The number of nitrogens with zero attached hydrogens (tertiary/aromatic N) is 4. The van der Waals surface area contributed by atoms with Crippen molar-refractivity contribution in [2.75, 3.05) is 0 Å². The van der Waals surface area contributed by atoms with Crippen molar-refractivity contribution >= 4 is 74.9 Å². The number of fused-ring (bicyclic) bond motifs is 8. The molecule has 0 saturated carbocycles. The first-order valence-electron chi connectivity index (χ1n) is 19.5. The minimum atomic E-state index is 0.647. The van der Waals surface area contributed by atoms with Crippen molar-refractivity contribution in [1.82, 2.24) is 19.5 Å². The van der Waals surface area contributed by atoms with Crippen LogP contribution in [0.25, 0.3) is 115 Å². The quantitative estimate of drug-likeness (QED) is 0.176. The zero-order chi connectivity index (χ0) is 38.2. The van der Waals surface area contributed by atoms with E-state index in [9.17, 15) is 0 Å². The second kappa shape index (κ2) is 13.1. The summed E-state index contributed by atoms with van der Waals surface area (Å²) < 4.78 is 4.89. The Morgan fingerprint density at radius 3 is 1.47 bits per heavy atom. The molecule has 12 aromatic rings. The maximum absolute atomic E-state index is 5.15. The fourth-order valence-electron chi connectivity index (χ4n) is 8.58. The Bertz CT molecular complexity index is 3450. The number of hydrogen-bond donors (Lipinski definition) is 0. The molecule has 0 aliphatic carbocycles. The maximum Gasteiger partial charge on any atom is 0.164 e. The minimum absolute atomic E-state index is 0.647. The third-order valence-electron chi connectivity index (χ3n) is 11.4. The van der Waals surface area contributed by atoms with Crippen LogP contribution >= 0.6 is 11.3 Å². The van der Waals surface area contributed by atoms with Crippen LogP contribution in [0.5, 0.6) is 0 Å². The molecule has 5 heteroatoms. The standard InChI is InChI=1S/C53H32N4S/c1-2-11-35(12-3-1)51-54-52(56-53(55-51)43-18-10-20-49-50(43)42-17-8-9-19-48(42)58-49)36-23-21-33(22-24-36)34-25-27-41(28-26-34)57-46-31-39-15-6-4-13-37(39)29-44(46)45-30-38-14-5-7-16-40(38)32-47(45)57/h1-32H. The van der Waals surface area contributed by atoms with E-state index in [4.69, 9.17) is 15.0 Å². The largest absolute Gasteiger partial charge is 0.309 e. The molecule has 0 bridgehead atoms. The van der Waals surface area contributed by atoms with Crippen molar-refractivity contribution in [2.45, 2.75) is 0 Å². The summed E-state index contributed by atoms with van der Waals surface area (Å²) >= 11 is 1.80. The molecule has 3 aromatic heterocycles. The van der Waals surface area contributed by atoms with Crippen LogP contribution in [0.4, 0.5) is 0 Å². The summed E-state index contributed by atoms with van der Waals surface area (Å²) in [4.78, 5) is 15.3. The van der Waals surface area contributed by atoms with Gasteiger partial charge in [0.2, 0.25) is 0 Å². The topological polar surface area (TPSA) is 43.6 Å². The van der Waals surface area contributed by atoms with Gasteiger partial charge in [0.05, 0.1) is 11.0 Å². The normalized spacial score (nSPS) is 11.8. The van der Waals surface area contributed by atoms with Crippen LogP contribution in [0.2, 0.25) is 0 Å². The van der Waals surface area contributed by atoms with Gasteiger partial charge in [0, 0.05) is 53.3 Å². The van der Waals surface area contributed by atoms with Crippen LogP contribution in [0.15, 0.2) is 194 Å². The lowest BCUT2D eigenvalue weighted by atomic mass is 10.0. The van der Waals surface area contributed by atoms with E-state index in [1.165, 1.54) is 63.5 Å². The monoisotopic (exact) mass is 756 g/mol. The zero-order valence-corrected chi connectivity index (χ0v) is 32.0. The molecule has 0 saturated heterocycles. The molecular weight excluding hydrogens is 725 g/mol. The minimum Gasteiger partial charge on any atom is -0.309 e. The van der Waals surface area contributed by atoms with Gasteiger partial charge in [0.15, 0.2) is 17.5 Å². The maximum atomic E-state index is 5.15. The molecule has 4 nitrogen and oxygen atoms in total. The molecule has 9 aromatic carbocycles. The van der Waals surface area contributed by atoms with Gasteiger partial charge in [-0.1, -0.05) is 146 Å². The van der Waals surface area contributed by atoms with Gasteiger partial charge < -0.3 is 4.57 Å². The fourth-order valence-corrected chi connectivity index (χ4v) is 9.72. The number of thiophene rings is 1. The van der Waals surface area contributed by atoms with Gasteiger partial charge in [-0.3, -0.25) is 0 Å². The average Bonchev–Trinajstić information content (AvgIpc) is 3.82. The van der Waals surface area contributed by atoms with E-state index in [2.05, 4.69) is 180 Å². The smallest absolute Gasteiger partial charge is 0.164 e. The van der Waals surface area contributed by atoms with Gasteiger partial charge in [0.25, 0.3) is 0 Å². The first-order chi connectivity index (χ1) is 28.7. The van der Waals surface area contributed by atoms with Crippen molar-refractivity contribution < 1.29 is 0 Å². The second-order valence-electron chi connectivity index (χ2n) is 14.8. The predicted molar refractivity (Wildman–Crippen MR) is 244 cm³/mol. The van der Waals surface area contributed by atoms with Gasteiger partial charge >= 0.3 is 0 Å². The summed E-state index contributed by atoms with van der Waals surface area (Å²) in [6.45, 7) is 0. The molecule has 12 rings (SSSR count). The Kier molecular flexibility index (Phi) is 7.37. The Morgan fingerprint density at radius 1 is 0.345 bits per heavy atom. The van der Waals surface area contributed by atoms with E-state index >= 15 is 0 Å². The fraction of sp³-hybridized carbons (Fsp3) is 0. The highest BCUT2D eigenvalue weighted by molar-refractivity contribution is 7.25. The number of benzene rings is 9. The van der Waals surface area contributed by atoms with Crippen LogP contribution in [0.3, 0.4) is 0 Å². The first-order valence-corrected chi connectivity index (χ1v) is 20.3. The molecule has 0 N–H and O–H groups in total. The summed E-state index contributed by atoms with van der Waals surface area (Å²) in [7, 11) is 0. The molecule has 0 atom stereocenters. The lowest BCUT2D eigenvalue weighted by Gasteiger charge is -2.11. The van der Waals surface area contributed by atoms with Crippen molar-refractivity contribution in [3.05, 3.63) is 194 Å². The molecule has 0 radical (unpaired) electrons. The Balaban J connectivity index is 0.944. The molecule has 0 spiro atoms. The summed E-state index contributed by atoms with van der Waals surface area (Å²) in [5.41, 5.74) is 8.71. The summed E-state index contributed by atoms with van der Waals surface area (Å²) in [5, 5.41) is 9.89. The van der Waals surface area contributed by atoms with Crippen molar-refractivity contribution in [3.63, 3.8) is 0 Å². The SMILES string of the molecule is c1ccc(-c2nc(-c3ccc(-c4ccc(-n5c6cc7ccccc7cc6c6cc7ccccc7cc65)cc4)cc3)nc(-c3cccc4sc5ccccc5c34)n2)cc1. The Hall–Kier alpha value is -7.47. The van der Waals surface area contributed by atoms with Crippen LogP contribution in [-0.4, -0.2) is 19.5 Å². The lowest BCUT2D eigenvalue weighted by molar-refractivity contribution is 1.08. The summed E-state index contributed by atoms with van der Waals surface area (Å²) in [5.74, 6) is 1.97. The highest BCUT2D eigenvalue weighted by atomic mass is 32.1. The van der Waals surface area contributed by atoms with Gasteiger partial charge in [-0.05, 0) is 81.2 Å². The van der Waals surface area contributed by atoms with Crippen LogP contribution in [0.1, 0.15) is 0 Å². The van der Waals surface area contributed by atoms with Crippen LogP contribution in [0, 0.1) is 0 Å². The molecule has 0 aliphatic heterocycles. The third kappa shape index (κ3) is 5.32. The molecular formula is C53H32N4S. The van der Waals surface area contributed by atoms with Gasteiger partial charge in [0.1, 0.15) is 0 Å². The number of rotatable bonds is 5. The first kappa shape index (κ1) is 32.7. The molecule has 0 aliphatic rings. The molecule has 0 unspecified atom stereocenters. The molecule has 58 heavy (non-hydrogen) atoms. The lowest BCUT2D eigenvalue weighted by Crippen LogP contribution is -2.00. The van der Waals surface area contributed by atoms with E-state index in [1.807, 2.05) is 18.2 Å². The van der Waals surface area contributed by atoms with Crippen molar-refractivity contribution in [3.8, 4) is 51.0 Å². The van der Waals surface area contributed by atoms with Gasteiger partial charge in [-0.2, -0.15) is 0 Å². The van der Waals surface area contributed by atoms with E-state index in [1.54, 1.807) is 11.3 Å². The highest BCUT2D eigenvalue weighted by Crippen LogP contribution is 2.41. The van der Waals surface area contributed by atoms with Gasteiger partial charge in [-0.15, -0.1) is 11.3 Å². The zero-order valence-electron chi connectivity index (χ0n) is 31.2. The highest BCUT2D eigenvalue weighted by Gasteiger charge is 2.18. The summed E-state index contributed by atoms with van der Waals surface area (Å²) in [6, 6.07) is 69.3. The Labute approximate surface area is 338 Å². The van der Waals surface area contributed by atoms with Crippen molar-refractivity contribution in [2.24, 2.45) is 0 Å². The Morgan fingerprint density at radius 2 is 0.828 bits per heavy atom. The third-order valence-corrected chi connectivity index (χ3v) is 12.5. The summed E-state index contributed by atoms with van der Waals surface area (Å²) in [6.07, 6.45) is 0. The van der Waals surface area contributed by atoms with Crippen LogP contribution in [-0.2, 0) is 0 Å². The number of hydrogen-bond acceptors (Lipinski definition) is 4. The molecule has 0 fully saturated rings. The average molecular weight is 757 g/mol. The van der Waals surface area contributed by atoms with E-state index in [-0.39, 0.29) is 0 Å². The predicted octanol–water partition coefficient (Wildman–Crippen LogP) is 14.3. The van der Waals surface area contributed by atoms with E-state index in [0.717, 1.165) is 33.5 Å². The van der Waals surface area contributed by atoms with Crippen LogP contribution < -0.4 is 0 Å². The van der Waals surface area contributed by atoms with E-state index < -0.39 is 0 Å². The number of aromatic nitrogens is 4.